The summed E-state index contributed by atoms with van der Waals surface area (Å²) in [6, 6.07) is 9.82. The van der Waals surface area contributed by atoms with E-state index in [1.807, 2.05) is 41.8 Å². The number of nitrogen functional groups attached to an aromatic ring is 1. The fourth-order valence-electron chi connectivity index (χ4n) is 3.69. The fourth-order valence-corrected chi connectivity index (χ4v) is 4.57. The molecule has 4 rings (SSSR count). The predicted octanol–water partition coefficient (Wildman–Crippen LogP) is 3.92. The number of rotatable bonds is 5. The van der Waals surface area contributed by atoms with Crippen molar-refractivity contribution >= 4 is 22.4 Å². The Bertz CT molecular complexity index is 1000. The molecule has 0 fully saturated rings. The number of hydrogen-bond acceptors (Lipinski definition) is 6. The number of ether oxygens (including phenoxy) is 2. The number of carbonyl (C=O) groups excluding carboxylic acids is 1. The number of aromatic nitrogens is 2. The second-order valence-electron chi connectivity index (χ2n) is 6.74. The highest BCUT2D eigenvalue weighted by atomic mass is 32.1. The standard InChI is InChI=1S/C21H23N3O3S/c1-3-27-20(25)16-11-14-5-4-6-17-18(23-21(22)28-17)19(14)24(16)12-13-7-9-15(26-2)10-8-13/h7-11H,3-6,12H2,1-2H3,(H2,22,23). The highest BCUT2D eigenvalue weighted by molar-refractivity contribution is 7.15. The van der Waals surface area contributed by atoms with Crippen LogP contribution in [-0.2, 0) is 24.1 Å². The number of aryl methyl sites for hydroxylation is 2. The third kappa shape index (κ3) is 3.38. The van der Waals surface area contributed by atoms with Gasteiger partial charge in [0.25, 0.3) is 0 Å². The summed E-state index contributed by atoms with van der Waals surface area (Å²) in [5, 5.41) is 0.563. The number of nitrogens with two attached hydrogens (primary N) is 1. The molecule has 1 aliphatic carbocycles. The number of nitrogens with zero attached hydrogens (tertiary/aromatic N) is 2. The number of hydrogen-bond donors (Lipinski definition) is 1. The Balaban J connectivity index is 1.85. The topological polar surface area (TPSA) is 79.4 Å². The molecular weight excluding hydrogens is 374 g/mol. The molecule has 0 bridgehead atoms. The average molecular weight is 398 g/mol. The van der Waals surface area contributed by atoms with Crippen LogP contribution in [0.15, 0.2) is 30.3 Å². The molecule has 3 aromatic rings. The smallest absolute Gasteiger partial charge is 0.354 e. The summed E-state index contributed by atoms with van der Waals surface area (Å²) in [5.41, 5.74) is 10.6. The van der Waals surface area contributed by atoms with Gasteiger partial charge in [0, 0.05) is 11.4 Å². The third-order valence-corrected chi connectivity index (χ3v) is 5.89. The summed E-state index contributed by atoms with van der Waals surface area (Å²) < 4.78 is 12.6. The minimum atomic E-state index is -0.311. The van der Waals surface area contributed by atoms with Gasteiger partial charge in [-0.25, -0.2) is 9.78 Å². The highest BCUT2D eigenvalue weighted by Crippen LogP contribution is 2.38. The summed E-state index contributed by atoms with van der Waals surface area (Å²) in [6.45, 7) is 2.70. The summed E-state index contributed by atoms with van der Waals surface area (Å²) in [6.07, 6.45) is 2.87. The first-order chi connectivity index (χ1) is 13.6. The Morgan fingerprint density at radius 2 is 2.07 bits per heavy atom. The van der Waals surface area contributed by atoms with Gasteiger partial charge in [-0.2, -0.15) is 0 Å². The maximum atomic E-state index is 12.7. The van der Waals surface area contributed by atoms with Crippen molar-refractivity contribution in [1.29, 1.82) is 0 Å². The zero-order valence-corrected chi connectivity index (χ0v) is 16.8. The SMILES string of the molecule is CCOC(=O)c1cc2c(n1Cc1ccc(OC)cc1)-c1nc(N)sc1CCC2. The number of anilines is 1. The van der Waals surface area contributed by atoms with Crippen LogP contribution in [0.3, 0.4) is 0 Å². The number of carbonyl (C=O) groups is 1. The number of esters is 1. The second-order valence-corrected chi connectivity index (χ2v) is 7.85. The van der Waals surface area contributed by atoms with Gasteiger partial charge in [0.2, 0.25) is 0 Å². The Hall–Kier alpha value is -2.80. The Morgan fingerprint density at radius 3 is 2.79 bits per heavy atom. The maximum absolute atomic E-state index is 12.7. The zero-order valence-electron chi connectivity index (χ0n) is 16.0. The van der Waals surface area contributed by atoms with E-state index in [0.717, 1.165) is 47.5 Å². The predicted molar refractivity (Wildman–Crippen MR) is 110 cm³/mol. The van der Waals surface area contributed by atoms with Crippen molar-refractivity contribution in [3.8, 4) is 17.1 Å². The van der Waals surface area contributed by atoms with E-state index in [1.165, 1.54) is 16.2 Å². The third-order valence-electron chi connectivity index (χ3n) is 4.95. The van der Waals surface area contributed by atoms with Gasteiger partial charge in [-0.05, 0) is 55.5 Å². The van der Waals surface area contributed by atoms with Gasteiger partial charge < -0.3 is 19.8 Å². The molecule has 0 amide bonds. The van der Waals surface area contributed by atoms with Crippen molar-refractivity contribution in [2.24, 2.45) is 0 Å². The Kier molecular flexibility index (Phi) is 5.09. The first kappa shape index (κ1) is 18.6. The molecule has 1 aromatic carbocycles. The lowest BCUT2D eigenvalue weighted by atomic mass is 10.1. The summed E-state index contributed by atoms with van der Waals surface area (Å²) in [7, 11) is 1.65. The first-order valence-corrected chi connectivity index (χ1v) is 10.2. The first-order valence-electron chi connectivity index (χ1n) is 9.38. The van der Waals surface area contributed by atoms with Crippen LogP contribution >= 0.6 is 11.3 Å². The van der Waals surface area contributed by atoms with E-state index in [-0.39, 0.29) is 5.97 Å². The molecule has 0 radical (unpaired) electrons. The molecule has 0 saturated carbocycles. The maximum Gasteiger partial charge on any atom is 0.354 e. The van der Waals surface area contributed by atoms with E-state index in [4.69, 9.17) is 15.2 Å². The lowest BCUT2D eigenvalue weighted by Crippen LogP contribution is -2.14. The van der Waals surface area contributed by atoms with E-state index < -0.39 is 0 Å². The van der Waals surface area contributed by atoms with E-state index in [2.05, 4.69) is 4.98 Å². The van der Waals surface area contributed by atoms with Crippen molar-refractivity contribution in [3.05, 3.63) is 52.0 Å². The molecule has 6 nitrogen and oxygen atoms in total. The molecule has 2 N–H and O–H groups in total. The van der Waals surface area contributed by atoms with Gasteiger partial charge in [-0.15, -0.1) is 11.3 Å². The average Bonchev–Trinajstić information content (AvgIpc) is 3.18. The molecule has 7 heteroatoms. The van der Waals surface area contributed by atoms with E-state index in [1.54, 1.807) is 7.11 Å². The molecule has 0 aliphatic heterocycles. The summed E-state index contributed by atoms with van der Waals surface area (Å²) in [4.78, 5) is 18.5. The number of fused-ring (bicyclic) bond motifs is 3. The molecule has 0 spiro atoms. The highest BCUT2D eigenvalue weighted by Gasteiger charge is 2.27. The van der Waals surface area contributed by atoms with Crippen LogP contribution in [0.1, 0.15) is 39.8 Å². The van der Waals surface area contributed by atoms with Gasteiger partial charge in [0.1, 0.15) is 17.1 Å². The zero-order chi connectivity index (χ0) is 19.7. The van der Waals surface area contributed by atoms with Gasteiger partial charge in [0.05, 0.1) is 19.4 Å². The van der Waals surface area contributed by atoms with E-state index in [0.29, 0.717) is 24.0 Å². The Labute approximate surface area is 167 Å². The van der Waals surface area contributed by atoms with Crippen LogP contribution < -0.4 is 10.5 Å². The van der Waals surface area contributed by atoms with Crippen LogP contribution in [0.4, 0.5) is 5.13 Å². The minimum Gasteiger partial charge on any atom is -0.497 e. The Morgan fingerprint density at radius 1 is 1.29 bits per heavy atom. The molecule has 0 atom stereocenters. The normalized spacial score (nSPS) is 12.8. The quantitative estimate of drug-likeness (QED) is 0.660. The minimum absolute atomic E-state index is 0.311. The molecule has 0 unspecified atom stereocenters. The van der Waals surface area contributed by atoms with Crippen LogP contribution in [0.25, 0.3) is 11.4 Å². The van der Waals surface area contributed by atoms with Gasteiger partial charge in [-0.1, -0.05) is 12.1 Å². The van der Waals surface area contributed by atoms with Gasteiger partial charge >= 0.3 is 5.97 Å². The second kappa shape index (κ2) is 7.67. The van der Waals surface area contributed by atoms with E-state index >= 15 is 0 Å². The lowest BCUT2D eigenvalue weighted by molar-refractivity contribution is 0.0514. The molecule has 28 heavy (non-hydrogen) atoms. The van der Waals surface area contributed by atoms with Crippen LogP contribution in [0.2, 0.25) is 0 Å². The van der Waals surface area contributed by atoms with Crippen molar-refractivity contribution in [2.75, 3.05) is 19.5 Å². The van der Waals surface area contributed by atoms with Crippen LogP contribution in [-0.4, -0.2) is 29.2 Å². The molecular formula is C21H23N3O3S. The van der Waals surface area contributed by atoms with Crippen molar-refractivity contribution in [2.45, 2.75) is 32.7 Å². The van der Waals surface area contributed by atoms with Crippen LogP contribution in [0.5, 0.6) is 5.75 Å². The van der Waals surface area contributed by atoms with Crippen molar-refractivity contribution < 1.29 is 14.3 Å². The largest absolute Gasteiger partial charge is 0.497 e. The monoisotopic (exact) mass is 397 g/mol. The van der Waals surface area contributed by atoms with Gasteiger partial charge in [-0.3, -0.25) is 0 Å². The molecule has 1 aliphatic rings. The summed E-state index contributed by atoms with van der Waals surface area (Å²) in [5.74, 6) is 0.490. The molecule has 2 heterocycles. The number of benzene rings is 1. The molecule has 146 valence electrons. The van der Waals surface area contributed by atoms with Gasteiger partial charge in [0.15, 0.2) is 5.13 Å². The molecule has 0 saturated heterocycles. The van der Waals surface area contributed by atoms with E-state index in [9.17, 15) is 4.79 Å². The van der Waals surface area contributed by atoms with Crippen LogP contribution in [0, 0.1) is 0 Å². The van der Waals surface area contributed by atoms with Crippen molar-refractivity contribution in [3.63, 3.8) is 0 Å². The van der Waals surface area contributed by atoms with Crippen molar-refractivity contribution in [1.82, 2.24) is 9.55 Å². The summed E-state index contributed by atoms with van der Waals surface area (Å²) >= 11 is 1.54. The number of methoxy groups -OCH3 is 1. The fraction of sp³-hybridized carbons (Fsp3) is 0.333. The molecule has 2 aromatic heterocycles. The number of thiazole rings is 1. The lowest BCUT2D eigenvalue weighted by Gasteiger charge is -2.13.